The van der Waals surface area contributed by atoms with Crippen LogP contribution in [0.4, 0.5) is 0 Å². The lowest BCUT2D eigenvalue weighted by molar-refractivity contribution is 0.447. The summed E-state index contributed by atoms with van der Waals surface area (Å²) in [6.45, 7) is 5.93. The quantitative estimate of drug-likeness (QED) is 0.638. The fourth-order valence-corrected chi connectivity index (χ4v) is 4.01. The summed E-state index contributed by atoms with van der Waals surface area (Å²) in [6.07, 6.45) is 4.17. The minimum atomic E-state index is -3.93. The number of rotatable bonds is 5. The molecule has 26 heavy (non-hydrogen) atoms. The van der Waals surface area contributed by atoms with Crippen LogP contribution < -0.4 is 4.18 Å². The van der Waals surface area contributed by atoms with Gasteiger partial charge in [-0.2, -0.15) is 18.5 Å². The van der Waals surface area contributed by atoms with Crippen molar-refractivity contribution in [2.75, 3.05) is 0 Å². The highest BCUT2D eigenvalue weighted by atomic mass is 32.2. The van der Waals surface area contributed by atoms with Gasteiger partial charge in [0.15, 0.2) is 5.65 Å². The highest BCUT2D eigenvalue weighted by Gasteiger charge is 2.31. The fourth-order valence-electron chi connectivity index (χ4n) is 3.13. The topological polar surface area (TPSA) is 74.1 Å². The van der Waals surface area contributed by atoms with Gasteiger partial charge in [0.05, 0.1) is 12.2 Å². The Bertz CT molecular complexity index is 1070. The minimum Gasteiger partial charge on any atom is -0.358 e. The van der Waals surface area contributed by atoms with Gasteiger partial charge >= 0.3 is 10.1 Å². The number of pyridine rings is 1. The second-order valence-corrected chi connectivity index (χ2v) is 8.58. The molecule has 1 atom stereocenters. The molecule has 1 saturated carbocycles. The number of nitrogens with zero attached hydrogens (tertiary/aromatic N) is 3. The largest absolute Gasteiger partial charge is 0.358 e. The second kappa shape index (κ2) is 6.09. The van der Waals surface area contributed by atoms with E-state index >= 15 is 0 Å². The Hall–Kier alpha value is -2.41. The number of aromatic nitrogens is 3. The van der Waals surface area contributed by atoms with Crippen molar-refractivity contribution < 1.29 is 12.6 Å². The van der Waals surface area contributed by atoms with Gasteiger partial charge in [0, 0.05) is 11.5 Å². The van der Waals surface area contributed by atoms with Crippen molar-refractivity contribution in [1.29, 1.82) is 0 Å². The Balaban J connectivity index is 1.72. The van der Waals surface area contributed by atoms with Crippen LogP contribution in [0.15, 0.2) is 41.4 Å². The van der Waals surface area contributed by atoms with Crippen LogP contribution in [0, 0.1) is 19.8 Å². The predicted octanol–water partition coefficient (Wildman–Crippen LogP) is 3.79. The number of hydrogen-bond acceptors (Lipinski definition) is 5. The lowest BCUT2D eigenvalue weighted by atomic mass is 10.2. The van der Waals surface area contributed by atoms with Gasteiger partial charge in [-0.1, -0.05) is 17.7 Å². The van der Waals surface area contributed by atoms with Gasteiger partial charge in [0.2, 0.25) is 5.88 Å². The van der Waals surface area contributed by atoms with E-state index in [1.807, 2.05) is 18.5 Å². The average Bonchev–Trinajstić information content (AvgIpc) is 3.34. The third-order valence-electron chi connectivity index (χ3n) is 4.94. The first-order chi connectivity index (χ1) is 12.3. The third-order valence-corrected chi connectivity index (χ3v) is 6.18. The summed E-state index contributed by atoms with van der Waals surface area (Å²) < 4.78 is 32.3. The number of fused-ring (bicyclic) bond motifs is 1. The lowest BCUT2D eigenvalue weighted by Gasteiger charge is -2.13. The normalized spacial score (nSPS) is 16.0. The highest BCUT2D eigenvalue weighted by Crippen LogP contribution is 2.40. The molecule has 0 unspecified atom stereocenters. The number of hydrogen-bond donors (Lipinski definition) is 0. The molecule has 1 aliphatic rings. The molecule has 7 heteroatoms. The third kappa shape index (κ3) is 3.07. The molecule has 6 nitrogen and oxygen atoms in total. The Kier molecular flexibility index (Phi) is 3.99. The zero-order chi connectivity index (χ0) is 18.5. The summed E-state index contributed by atoms with van der Waals surface area (Å²) in [5.74, 6) is 0.682. The van der Waals surface area contributed by atoms with E-state index in [1.54, 1.807) is 24.4 Å². The summed E-state index contributed by atoms with van der Waals surface area (Å²) in [7, 11) is -3.93. The second-order valence-electron chi connectivity index (χ2n) is 7.03. The Morgan fingerprint density at radius 3 is 2.54 bits per heavy atom. The van der Waals surface area contributed by atoms with Crippen molar-refractivity contribution in [1.82, 2.24) is 14.8 Å². The first-order valence-electron chi connectivity index (χ1n) is 8.71. The van der Waals surface area contributed by atoms with E-state index in [9.17, 15) is 8.42 Å². The van der Waals surface area contributed by atoms with E-state index in [4.69, 9.17) is 4.18 Å². The summed E-state index contributed by atoms with van der Waals surface area (Å²) in [5.41, 5.74) is 2.54. The summed E-state index contributed by atoms with van der Waals surface area (Å²) in [4.78, 5) is 4.57. The van der Waals surface area contributed by atoms with Crippen LogP contribution >= 0.6 is 0 Å². The molecule has 2 heterocycles. The molecule has 0 aliphatic heterocycles. The molecule has 1 aliphatic carbocycles. The standard InChI is InChI=1S/C19H21N3O3S/c1-12-4-8-16(9-5-12)26(23,24)25-18-10-13(2)17-11-20-22(19(17)21-18)14(3)15-6-7-15/h4-5,8-11,14-15H,6-7H2,1-3H3/t14-/m1/s1. The van der Waals surface area contributed by atoms with E-state index in [0.29, 0.717) is 11.6 Å². The van der Waals surface area contributed by atoms with E-state index in [-0.39, 0.29) is 16.8 Å². The molecule has 3 aromatic rings. The van der Waals surface area contributed by atoms with Gasteiger partial charge < -0.3 is 4.18 Å². The van der Waals surface area contributed by atoms with Gasteiger partial charge in [0.25, 0.3) is 0 Å². The molecule has 1 aromatic carbocycles. The molecule has 4 rings (SSSR count). The van der Waals surface area contributed by atoms with Crippen LogP contribution in [0.25, 0.3) is 11.0 Å². The first-order valence-corrected chi connectivity index (χ1v) is 10.1. The van der Waals surface area contributed by atoms with Gasteiger partial charge in [0.1, 0.15) is 4.90 Å². The van der Waals surface area contributed by atoms with E-state index in [2.05, 4.69) is 17.0 Å². The number of benzene rings is 1. The predicted molar refractivity (Wildman–Crippen MR) is 98.7 cm³/mol. The molecular formula is C19H21N3O3S. The summed E-state index contributed by atoms with van der Waals surface area (Å²) in [6, 6.07) is 8.44. The molecule has 1 fully saturated rings. The van der Waals surface area contributed by atoms with Gasteiger partial charge in [-0.05, 0) is 57.2 Å². The van der Waals surface area contributed by atoms with Crippen LogP contribution in [-0.4, -0.2) is 23.2 Å². The maximum Gasteiger partial charge on any atom is 0.340 e. The van der Waals surface area contributed by atoms with E-state index in [0.717, 1.165) is 16.5 Å². The molecular weight excluding hydrogens is 350 g/mol. The van der Waals surface area contributed by atoms with Crippen molar-refractivity contribution in [2.24, 2.45) is 5.92 Å². The van der Waals surface area contributed by atoms with Crippen LogP contribution in [0.5, 0.6) is 5.88 Å². The molecule has 0 saturated heterocycles. The minimum absolute atomic E-state index is 0.0697. The van der Waals surface area contributed by atoms with Crippen molar-refractivity contribution in [3.05, 3.63) is 47.7 Å². The molecule has 0 amide bonds. The van der Waals surface area contributed by atoms with E-state index < -0.39 is 10.1 Å². The molecule has 136 valence electrons. The Morgan fingerprint density at radius 1 is 1.19 bits per heavy atom. The van der Waals surface area contributed by atoms with Gasteiger partial charge in [-0.15, -0.1) is 0 Å². The zero-order valence-electron chi connectivity index (χ0n) is 15.0. The van der Waals surface area contributed by atoms with E-state index in [1.165, 1.54) is 25.0 Å². The van der Waals surface area contributed by atoms with Gasteiger partial charge in [-0.3, -0.25) is 0 Å². The maximum absolute atomic E-state index is 12.6. The lowest BCUT2D eigenvalue weighted by Crippen LogP contribution is -2.12. The van der Waals surface area contributed by atoms with Crippen molar-refractivity contribution >= 4 is 21.2 Å². The van der Waals surface area contributed by atoms with Crippen LogP contribution in [-0.2, 0) is 10.1 Å². The molecule has 0 bridgehead atoms. The summed E-state index contributed by atoms with van der Waals surface area (Å²) in [5, 5.41) is 5.39. The van der Waals surface area contributed by atoms with Crippen molar-refractivity contribution in [3.8, 4) is 5.88 Å². The van der Waals surface area contributed by atoms with Crippen molar-refractivity contribution in [2.45, 2.75) is 44.6 Å². The number of aryl methyl sites for hydroxylation is 2. The smallest absolute Gasteiger partial charge is 0.340 e. The average molecular weight is 371 g/mol. The molecule has 0 radical (unpaired) electrons. The maximum atomic E-state index is 12.6. The van der Waals surface area contributed by atoms with Crippen LogP contribution in [0.3, 0.4) is 0 Å². The molecule has 0 spiro atoms. The van der Waals surface area contributed by atoms with Gasteiger partial charge in [-0.25, -0.2) is 4.68 Å². The monoisotopic (exact) mass is 371 g/mol. The SMILES string of the molecule is Cc1ccc(S(=O)(=O)Oc2cc(C)c3cnn([C@H](C)C4CC4)c3n2)cc1. The van der Waals surface area contributed by atoms with Crippen LogP contribution in [0.1, 0.15) is 36.9 Å². The van der Waals surface area contributed by atoms with Crippen LogP contribution in [0.2, 0.25) is 0 Å². The van der Waals surface area contributed by atoms with Crippen molar-refractivity contribution in [3.63, 3.8) is 0 Å². The Morgan fingerprint density at radius 2 is 1.88 bits per heavy atom. The first kappa shape index (κ1) is 17.0. The molecule has 0 N–H and O–H groups in total. The summed E-state index contributed by atoms with van der Waals surface area (Å²) >= 11 is 0. The zero-order valence-corrected chi connectivity index (χ0v) is 15.8. The molecule has 2 aromatic heterocycles. The fraction of sp³-hybridized carbons (Fsp3) is 0.368. The highest BCUT2D eigenvalue weighted by molar-refractivity contribution is 7.87. The Labute approximate surface area is 152 Å².